The van der Waals surface area contributed by atoms with Gasteiger partial charge in [0.05, 0.1) is 0 Å². The van der Waals surface area contributed by atoms with E-state index >= 15 is 0 Å². The van der Waals surface area contributed by atoms with Gasteiger partial charge in [-0.3, -0.25) is 0 Å². The molecular formula is C24H33F5. The lowest BCUT2D eigenvalue weighted by atomic mass is 9.74. The monoisotopic (exact) mass is 416 g/mol. The average Bonchev–Trinajstić information content (AvgIpc) is 2.65. The van der Waals surface area contributed by atoms with Crippen LogP contribution >= 0.6 is 0 Å². The van der Waals surface area contributed by atoms with Gasteiger partial charge in [-0.2, -0.15) is 13.2 Å². The highest BCUT2D eigenvalue weighted by Crippen LogP contribution is 2.38. The molecule has 0 heterocycles. The summed E-state index contributed by atoms with van der Waals surface area (Å²) in [5.41, 5.74) is -1.48. The number of allylic oxidation sites excluding steroid dienone is 2. The van der Waals surface area contributed by atoms with Crippen molar-refractivity contribution in [3.63, 3.8) is 0 Å². The Kier molecular flexibility index (Phi) is 9.16. The number of benzene rings is 1. The van der Waals surface area contributed by atoms with Crippen LogP contribution in [0.2, 0.25) is 0 Å². The van der Waals surface area contributed by atoms with E-state index in [1.807, 2.05) is 0 Å². The molecule has 1 saturated carbocycles. The maximum atomic E-state index is 13.7. The summed E-state index contributed by atoms with van der Waals surface area (Å²) in [6.07, 6.45) is 9.90. The van der Waals surface area contributed by atoms with E-state index in [0.29, 0.717) is 23.8 Å². The van der Waals surface area contributed by atoms with Gasteiger partial charge in [0.15, 0.2) is 0 Å². The molecule has 1 unspecified atom stereocenters. The number of hydrogen-bond acceptors (Lipinski definition) is 0. The van der Waals surface area contributed by atoms with E-state index in [1.54, 1.807) is 0 Å². The molecule has 1 aliphatic carbocycles. The molecule has 0 aliphatic heterocycles. The first-order valence-corrected chi connectivity index (χ1v) is 10.9. The molecule has 164 valence electrons. The summed E-state index contributed by atoms with van der Waals surface area (Å²) in [7, 11) is 0. The van der Waals surface area contributed by atoms with Crippen molar-refractivity contribution >= 4 is 0 Å². The molecule has 0 spiro atoms. The van der Waals surface area contributed by atoms with Gasteiger partial charge in [0.1, 0.15) is 17.2 Å². The molecule has 1 aromatic rings. The van der Waals surface area contributed by atoms with Crippen LogP contribution in [0.15, 0.2) is 24.3 Å². The van der Waals surface area contributed by atoms with E-state index in [4.69, 9.17) is 0 Å². The van der Waals surface area contributed by atoms with Crippen LogP contribution in [0.5, 0.6) is 0 Å². The maximum absolute atomic E-state index is 13.7. The highest BCUT2D eigenvalue weighted by atomic mass is 19.4. The summed E-state index contributed by atoms with van der Waals surface area (Å²) in [5, 5.41) is 0. The molecule has 0 amide bonds. The number of rotatable bonds is 9. The summed E-state index contributed by atoms with van der Waals surface area (Å²) < 4.78 is 65.4. The first-order chi connectivity index (χ1) is 13.7. The number of aryl methyl sites for hydroxylation is 1. The Bertz CT molecular complexity index is 631. The first-order valence-electron chi connectivity index (χ1n) is 10.9. The first kappa shape index (κ1) is 23.9. The van der Waals surface area contributed by atoms with E-state index in [1.165, 1.54) is 25.7 Å². The van der Waals surface area contributed by atoms with E-state index in [9.17, 15) is 22.0 Å². The van der Waals surface area contributed by atoms with Crippen LogP contribution in [0, 0.1) is 29.4 Å². The number of alkyl halides is 3. The molecule has 1 atom stereocenters. The zero-order valence-corrected chi connectivity index (χ0v) is 17.5. The minimum atomic E-state index is -5.01. The topological polar surface area (TPSA) is 0 Å². The third-order valence-electron chi connectivity index (χ3n) is 6.33. The highest BCUT2D eigenvalue weighted by molar-refractivity contribution is 5.28. The molecule has 0 aromatic heterocycles. The molecule has 0 nitrogen and oxygen atoms in total. The molecule has 0 radical (unpaired) electrons. The van der Waals surface area contributed by atoms with Gasteiger partial charge in [-0.05, 0) is 80.4 Å². The Hall–Kier alpha value is -1.39. The van der Waals surface area contributed by atoms with E-state index in [2.05, 4.69) is 26.0 Å². The fourth-order valence-corrected chi connectivity index (χ4v) is 4.45. The summed E-state index contributed by atoms with van der Waals surface area (Å²) >= 11 is 0. The van der Waals surface area contributed by atoms with Crippen molar-refractivity contribution in [2.24, 2.45) is 17.8 Å². The second-order valence-corrected chi connectivity index (χ2v) is 8.57. The minimum Gasteiger partial charge on any atom is -0.206 e. The van der Waals surface area contributed by atoms with Crippen LogP contribution in [-0.2, 0) is 12.6 Å². The van der Waals surface area contributed by atoms with Crippen LogP contribution in [0.3, 0.4) is 0 Å². The highest BCUT2D eigenvalue weighted by Gasteiger charge is 2.37. The zero-order valence-electron chi connectivity index (χ0n) is 17.5. The van der Waals surface area contributed by atoms with E-state index in [-0.39, 0.29) is 0 Å². The van der Waals surface area contributed by atoms with Crippen LogP contribution < -0.4 is 0 Å². The van der Waals surface area contributed by atoms with Crippen molar-refractivity contribution in [1.82, 2.24) is 0 Å². The zero-order chi connectivity index (χ0) is 21.4. The summed E-state index contributed by atoms with van der Waals surface area (Å²) in [5.74, 6) is -1.13. The van der Waals surface area contributed by atoms with Crippen molar-refractivity contribution in [2.45, 2.75) is 84.2 Å². The van der Waals surface area contributed by atoms with Crippen LogP contribution in [0.25, 0.3) is 0 Å². The van der Waals surface area contributed by atoms with Crippen LogP contribution in [0.1, 0.15) is 82.8 Å². The lowest BCUT2D eigenvalue weighted by Crippen LogP contribution is -2.20. The van der Waals surface area contributed by atoms with Crippen LogP contribution in [-0.4, -0.2) is 0 Å². The van der Waals surface area contributed by atoms with Crippen molar-refractivity contribution < 1.29 is 22.0 Å². The molecule has 0 bridgehead atoms. The van der Waals surface area contributed by atoms with Crippen molar-refractivity contribution in [3.05, 3.63) is 47.0 Å². The second-order valence-electron chi connectivity index (χ2n) is 8.57. The van der Waals surface area contributed by atoms with Gasteiger partial charge in [-0.1, -0.05) is 45.3 Å². The average molecular weight is 417 g/mol. The normalized spacial score (nSPS) is 21.6. The Labute approximate surface area is 171 Å². The predicted molar refractivity (Wildman–Crippen MR) is 108 cm³/mol. The fraction of sp³-hybridized carbons (Fsp3) is 0.667. The third kappa shape index (κ3) is 7.42. The smallest absolute Gasteiger partial charge is 0.206 e. The van der Waals surface area contributed by atoms with Crippen molar-refractivity contribution in [2.75, 3.05) is 0 Å². The molecule has 2 rings (SSSR count). The lowest BCUT2D eigenvalue weighted by molar-refractivity contribution is -0.142. The molecule has 0 N–H and O–H groups in total. The Balaban J connectivity index is 1.77. The largest absolute Gasteiger partial charge is 0.422 e. The fourth-order valence-electron chi connectivity index (χ4n) is 4.45. The van der Waals surface area contributed by atoms with Gasteiger partial charge < -0.3 is 0 Å². The van der Waals surface area contributed by atoms with E-state index in [0.717, 1.165) is 50.2 Å². The molecule has 0 saturated heterocycles. The lowest BCUT2D eigenvalue weighted by Gasteiger charge is -2.32. The minimum absolute atomic E-state index is 0.308. The molecule has 1 aliphatic rings. The number of unbranched alkanes of at least 4 members (excludes halogenated alkanes) is 1. The summed E-state index contributed by atoms with van der Waals surface area (Å²) in [6.45, 7) is 4.50. The van der Waals surface area contributed by atoms with Crippen LogP contribution in [0.4, 0.5) is 22.0 Å². The number of halogens is 5. The SMILES string of the molecule is CCC/C=C/CCC(C)[C@H]1CC[C@H](CCc2cc(F)c(C(F)(F)F)c(F)c2)CC1. The Morgan fingerprint density at radius 1 is 1.00 bits per heavy atom. The Morgan fingerprint density at radius 3 is 2.14 bits per heavy atom. The van der Waals surface area contributed by atoms with E-state index < -0.39 is 23.4 Å². The summed E-state index contributed by atoms with van der Waals surface area (Å²) in [6, 6.07) is 1.68. The molecular weight excluding hydrogens is 383 g/mol. The van der Waals surface area contributed by atoms with Gasteiger partial charge in [-0.25, -0.2) is 8.78 Å². The van der Waals surface area contributed by atoms with Crippen molar-refractivity contribution in [3.8, 4) is 0 Å². The maximum Gasteiger partial charge on any atom is 0.422 e. The van der Waals surface area contributed by atoms with Gasteiger partial charge in [0.25, 0.3) is 0 Å². The van der Waals surface area contributed by atoms with Gasteiger partial charge in [-0.15, -0.1) is 0 Å². The summed E-state index contributed by atoms with van der Waals surface area (Å²) in [4.78, 5) is 0. The molecule has 1 aromatic carbocycles. The Morgan fingerprint density at radius 2 is 1.59 bits per heavy atom. The molecule has 1 fully saturated rings. The predicted octanol–water partition coefficient (Wildman–Crippen LogP) is 8.50. The standard InChI is InChI=1S/C24H33F5/c1-3-4-5-6-7-8-17(2)20-13-11-18(12-14-20)9-10-19-15-21(25)23(22(26)16-19)24(27,28)29/h5-6,15-18,20H,3-4,7-14H2,1-2H3/b6-5+/t17?,18-,20-. The number of hydrogen-bond donors (Lipinski definition) is 0. The van der Waals surface area contributed by atoms with Gasteiger partial charge in [0, 0.05) is 0 Å². The molecule has 29 heavy (non-hydrogen) atoms. The molecule has 5 heteroatoms. The second kappa shape index (κ2) is 11.1. The third-order valence-corrected chi connectivity index (χ3v) is 6.33. The van der Waals surface area contributed by atoms with Crippen molar-refractivity contribution in [1.29, 1.82) is 0 Å². The van der Waals surface area contributed by atoms with Gasteiger partial charge in [0.2, 0.25) is 0 Å². The quantitative estimate of drug-likeness (QED) is 0.280. The van der Waals surface area contributed by atoms with Gasteiger partial charge >= 0.3 is 6.18 Å².